The van der Waals surface area contributed by atoms with Crippen LogP contribution in [0, 0.1) is 10.1 Å². The van der Waals surface area contributed by atoms with Gasteiger partial charge in [0.05, 0.1) is 15.5 Å². The first-order valence-corrected chi connectivity index (χ1v) is 10.4. The van der Waals surface area contributed by atoms with E-state index in [2.05, 4.69) is 0 Å². The lowest BCUT2D eigenvalue weighted by atomic mass is 10.2. The molecule has 0 bridgehead atoms. The number of carbonyl (C=O) groups is 1. The number of sulfonamides is 1. The summed E-state index contributed by atoms with van der Waals surface area (Å²) in [5, 5.41) is 11.6. The summed E-state index contributed by atoms with van der Waals surface area (Å²) in [7, 11) is -4.02. The number of para-hydroxylation sites is 1. The summed E-state index contributed by atoms with van der Waals surface area (Å²) in [6.45, 7) is 1.83. The Bertz CT molecular complexity index is 1160. The van der Waals surface area contributed by atoms with E-state index < -0.39 is 20.6 Å². The van der Waals surface area contributed by atoms with Gasteiger partial charge in [0.15, 0.2) is 0 Å². The lowest BCUT2D eigenvalue weighted by Gasteiger charge is -2.23. The number of rotatable bonds is 8. The maximum atomic E-state index is 13.1. The standard InChI is InChI=1S/C21H18N2O6S/c1-2-22(17-6-4-3-5-7-17)30(27,28)19-12-13-21(20(14-19)23(25)26)29-18-10-8-16(15-24)9-11-18/h3-15H,2H2,1H3. The minimum atomic E-state index is -4.02. The van der Waals surface area contributed by atoms with Gasteiger partial charge in [0.2, 0.25) is 5.75 Å². The number of ether oxygens (including phenoxy) is 1. The topological polar surface area (TPSA) is 107 Å². The largest absolute Gasteiger partial charge is 0.450 e. The molecule has 0 N–H and O–H groups in total. The number of hydrogen-bond donors (Lipinski definition) is 0. The van der Waals surface area contributed by atoms with E-state index in [0.29, 0.717) is 17.5 Å². The van der Waals surface area contributed by atoms with E-state index in [1.807, 2.05) is 0 Å². The molecule has 0 radical (unpaired) electrons. The lowest BCUT2D eigenvalue weighted by Crippen LogP contribution is -2.30. The summed E-state index contributed by atoms with van der Waals surface area (Å²) >= 11 is 0. The average Bonchev–Trinajstić information content (AvgIpc) is 2.75. The number of nitrogens with zero attached hydrogens (tertiary/aromatic N) is 2. The van der Waals surface area contributed by atoms with Gasteiger partial charge in [0.1, 0.15) is 12.0 Å². The molecule has 3 rings (SSSR count). The SMILES string of the molecule is CCN(c1ccccc1)S(=O)(=O)c1ccc(Oc2ccc(C=O)cc2)c([N+](=O)[O-])c1. The van der Waals surface area contributed by atoms with Gasteiger partial charge in [0.25, 0.3) is 10.0 Å². The Balaban J connectivity index is 1.99. The van der Waals surface area contributed by atoms with Crippen molar-refractivity contribution in [1.29, 1.82) is 0 Å². The Labute approximate surface area is 173 Å². The smallest absolute Gasteiger partial charge is 0.312 e. The summed E-state index contributed by atoms with van der Waals surface area (Å²) in [6.07, 6.45) is 0.665. The fourth-order valence-corrected chi connectivity index (χ4v) is 4.34. The third-order valence-corrected chi connectivity index (χ3v) is 6.19. The molecule has 0 fully saturated rings. The second-order valence-corrected chi connectivity index (χ2v) is 8.04. The Hall–Kier alpha value is -3.72. The molecule has 3 aromatic carbocycles. The molecule has 0 heterocycles. The highest BCUT2D eigenvalue weighted by molar-refractivity contribution is 7.92. The molecule has 0 saturated carbocycles. The molecule has 0 saturated heterocycles. The molecular formula is C21H18N2O6S. The zero-order chi connectivity index (χ0) is 21.7. The predicted molar refractivity (Wildman–Crippen MR) is 112 cm³/mol. The van der Waals surface area contributed by atoms with E-state index in [-0.39, 0.29) is 22.9 Å². The van der Waals surface area contributed by atoms with Crippen LogP contribution in [-0.2, 0) is 10.0 Å². The van der Waals surface area contributed by atoms with Gasteiger partial charge in [-0.15, -0.1) is 0 Å². The lowest BCUT2D eigenvalue weighted by molar-refractivity contribution is -0.385. The van der Waals surface area contributed by atoms with Gasteiger partial charge in [-0.2, -0.15) is 0 Å². The van der Waals surface area contributed by atoms with Crippen LogP contribution in [0.5, 0.6) is 11.5 Å². The second kappa shape index (κ2) is 8.75. The van der Waals surface area contributed by atoms with Crippen molar-refractivity contribution < 1.29 is 22.9 Å². The molecule has 0 aromatic heterocycles. The highest BCUT2D eigenvalue weighted by atomic mass is 32.2. The Morgan fingerprint density at radius 2 is 1.70 bits per heavy atom. The first kappa shape index (κ1) is 21.0. The van der Waals surface area contributed by atoms with E-state index in [4.69, 9.17) is 4.74 Å². The van der Waals surface area contributed by atoms with Crippen LogP contribution in [0.1, 0.15) is 17.3 Å². The third-order valence-electron chi connectivity index (χ3n) is 4.29. The van der Waals surface area contributed by atoms with E-state index in [1.165, 1.54) is 40.7 Å². The molecule has 0 unspecified atom stereocenters. The minimum Gasteiger partial charge on any atom is -0.450 e. The maximum Gasteiger partial charge on any atom is 0.312 e. The van der Waals surface area contributed by atoms with E-state index >= 15 is 0 Å². The van der Waals surface area contributed by atoms with Crippen molar-refractivity contribution in [3.63, 3.8) is 0 Å². The zero-order valence-electron chi connectivity index (χ0n) is 16.0. The van der Waals surface area contributed by atoms with E-state index in [1.54, 1.807) is 37.3 Å². The van der Waals surface area contributed by atoms with Crippen LogP contribution in [0.15, 0.2) is 77.7 Å². The van der Waals surface area contributed by atoms with Gasteiger partial charge in [-0.1, -0.05) is 18.2 Å². The molecular weight excluding hydrogens is 408 g/mol. The second-order valence-electron chi connectivity index (χ2n) is 6.18. The summed E-state index contributed by atoms with van der Waals surface area (Å²) < 4.78 is 32.9. The molecule has 0 atom stereocenters. The molecule has 0 amide bonds. The number of nitro benzene ring substituents is 1. The van der Waals surface area contributed by atoms with Gasteiger partial charge in [0, 0.05) is 18.2 Å². The highest BCUT2D eigenvalue weighted by Gasteiger charge is 2.27. The van der Waals surface area contributed by atoms with Crippen LogP contribution in [0.2, 0.25) is 0 Å². The fourth-order valence-electron chi connectivity index (χ4n) is 2.84. The van der Waals surface area contributed by atoms with Crippen LogP contribution in [0.3, 0.4) is 0 Å². The van der Waals surface area contributed by atoms with Crippen molar-refractivity contribution in [2.45, 2.75) is 11.8 Å². The van der Waals surface area contributed by atoms with Crippen molar-refractivity contribution >= 4 is 27.7 Å². The predicted octanol–water partition coefficient (Wildman–Crippen LogP) is 4.41. The van der Waals surface area contributed by atoms with Crippen molar-refractivity contribution in [3.05, 3.63) is 88.5 Å². The highest BCUT2D eigenvalue weighted by Crippen LogP contribution is 2.35. The summed E-state index contributed by atoms with van der Waals surface area (Å²) in [5.74, 6) is 0.166. The molecule has 8 nitrogen and oxygen atoms in total. The first-order chi connectivity index (χ1) is 14.4. The normalized spacial score (nSPS) is 11.0. The Kier molecular flexibility index (Phi) is 6.12. The molecule has 30 heavy (non-hydrogen) atoms. The summed E-state index contributed by atoms with van der Waals surface area (Å²) in [6, 6.07) is 18.0. The molecule has 9 heteroatoms. The van der Waals surface area contributed by atoms with Gasteiger partial charge < -0.3 is 4.74 Å². The monoisotopic (exact) mass is 426 g/mol. The molecule has 0 spiro atoms. The number of anilines is 1. The number of nitro groups is 1. The summed E-state index contributed by atoms with van der Waals surface area (Å²) in [4.78, 5) is 21.4. The van der Waals surface area contributed by atoms with Crippen LogP contribution in [0.25, 0.3) is 0 Å². The number of aldehydes is 1. The van der Waals surface area contributed by atoms with Crippen LogP contribution < -0.4 is 9.04 Å². The zero-order valence-corrected chi connectivity index (χ0v) is 16.8. The van der Waals surface area contributed by atoms with Crippen LogP contribution in [0.4, 0.5) is 11.4 Å². The third kappa shape index (κ3) is 4.31. The van der Waals surface area contributed by atoms with Crippen molar-refractivity contribution in [2.24, 2.45) is 0 Å². The average molecular weight is 426 g/mol. The molecule has 0 aliphatic rings. The van der Waals surface area contributed by atoms with E-state index in [9.17, 15) is 23.3 Å². The minimum absolute atomic E-state index is 0.111. The van der Waals surface area contributed by atoms with Crippen molar-refractivity contribution in [3.8, 4) is 11.5 Å². The Morgan fingerprint density at radius 1 is 1.03 bits per heavy atom. The van der Waals surface area contributed by atoms with E-state index in [0.717, 1.165) is 6.07 Å². The fraction of sp³-hybridized carbons (Fsp3) is 0.0952. The van der Waals surface area contributed by atoms with Gasteiger partial charge in [-0.25, -0.2) is 8.42 Å². The van der Waals surface area contributed by atoms with Gasteiger partial charge in [-0.05, 0) is 55.5 Å². The molecule has 3 aromatic rings. The summed E-state index contributed by atoms with van der Waals surface area (Å²) in [5.41, 5.74) is 0.400. The van der Waals surface area contributed by atoms with Gasteiger partial charge in [-0.3, -0.25) is 19.2 Å². The molecule has 0 aliphatic carbocycles. The first-order valence-electron chi connectivity index (χ1n) is 8.96. The van der Waals surface area contributed by atoms with Gasteiger partial charge >= 0.3 is 5.69 Å². The van der Waals surface area contributed by atoms with Crippen LogP contribution in [-0.4, -0.2) is 26.2 Å². The van der Waals surface area contributed by atoms with Crippen molar-refractivity contribution in [2.75, 3.05) is 10.8 Å². The maximum absolute atomic E-state index is 13.1. The Morgan fingerprint density at radius 3 is 2.27 bits per heavy atom. The number of carbonyl (C=O) groups excluding carboxylic acids is 1. The quantitative estimate of drug-likeness (QED) is 0.300. The molecule has 0 aliphatic heterocycles. The van der Waals surface area contributed by atoms with Crippen LogP contribution >= 0.6 is 0 Å². The van der Waals surface area contributed by atoms with Crippen molar-refractivity contribution in [1.82, 2.24) is 0 Å². The number of hydrogen-bond acceptors (Lipinski definition) is 6. The molecule has 154 valence electrons. The number of benzene rings is 3.